The Balaban J connectivity index is 1.69. The number of hydrogen-bond donors (Lipinski definition) is 1. The minimum atomic E-state index is -0.232. The van der Waals surface area contributed by atoms with E-state index in [4.69, 9.17) is 5.73 Å². The second-order valence-corrected chi connectivity index (χ2v) is 9.77. The van der Waals surface area contributed by atoms with Gasteiger partial charge in [0.2, 0.25) is 0 Å². The highest BCUT2D eigenvalue weighted by atomic mass is 14.6. The molecule has 0 spiro atoms. The molecule has 0 fully saturated rings. The van der Waals surface area contributed by atoms with Gasteiger partial charge in [-0.15, -0.1) is 0 Å². The van der Waals surface area contributed by atoms with Gasteiger partial charge in [-0.1, -0.05) is 121 Å². The van der Waals surface area contributed by atoms with Gasteiger partial charge < -0.3 is 5.73 Å². The van der Waals surface area contributed by atoms with Crippen molar-refractivity contribution < 1.29 is 0 Å². The van der Waals surface area contributed by atoms with E-state index in [0.29, 0.717) is 0 Å². The fourth-order valence-corrected chi connectivity index (χ4v) is 5.96. The Morgan fingerprint density at radius 1 is 0.571 bits per heavy atom. The molecule has 0 amide bonds. The predicted molar refractivity (Wildman–Crippen MR) is 148 cm³/mol. The maximum atomic E-state index is 6.81. The molecule has 0 radical (unpaired) electrons. The summed E-state index contributed by atoms with van der Waals surface area (Å²) in [5, 5.41) is 0. The van der Waals surface area contributed by atoms with Gasteiger partial charge in [0.1, 0.15) is 0 Å². The van der Waals surface area contributed by atoms with Gasteiger partial charge in [0, 0.05) is 16.7 Å². The van der Waals surface area contributed by atoms with E-state index in [0.717, 1.165) is 18.5 Å². The van der Waals surface area contributed by atoms with Crippen molar-refractivity contribution in [3.8, 4) is 22.3 Å². The first-order valence-electron chi connectivity index (χ1n) is 12.3. The number of fused-ring (bicyclic) bond motifs is 3. The van der Waals surface area contributed by atoms with Crippen LogP contribution in [0.25, 0.3) is 22.3 Å². The summed E-state index contributed by atoms with van der Waals surface area (Å²) in [7, 11) is 0. The molecule has 1 heteroatoms. The molecule has 0 unspecified atom stereocenters. The molecule has 0 heterocycles. The number of aryl methyl sites for hydroxylation is 1. The zero-order chi connectivity index (χ0) is 23.8. The van der Waals surface area contributed by atoms with Gasteiger partial charge >= 0.3 is 0 Å². The van der Waals surface area contributed by atoms with Gasteiger partial charge in [0.25, 0.3) is 0 Å². The lowest BCUT2D eigenvalue weighted by atomic mass is 9.67. The van der Waals surface area contributed by atoms with Crippen LogP contribution >= 0.6 is 0 Å². The largest absolute Gasteiger partial charge is 0.398 e. The Hall–Kier alpha value is -4.10. The Kier molecular flexibility index (Phi) is 5.26. The smallest absolute Gasteiger partial charge is 0.0397 e. The van der Waals surface area contributed by atoms with Crippen molar-refractivity contribution >= 4 is 5.69 Å². The fraction of sp³-hybridized carbons (Fsp3) is 0.118. The zero-order valence-electron chi connectivity index (χ0n) is 20.0. The topological polar surface area (TPSA) is 26.0 Å². The molecule has 170 valence electrons. The van der Waals surface area contributed by atoms with Crippen molar-refractivity contribution in [1.29, 1.82) is 0 Å². The number of benzene rings is 5. The lowest BCUT2D eigenvalue weighted by molar-refractivity contribution is 0.521. The molecule has 0 saturated carbocycles. The fourth-order valence-electron chi connectivity index (χ4n) is 5.96. The highest BCUT2D eigenvalue weighted by Gasteiger charge is 2.45. The SMILES string of the molecule is Cc1ccc(-c2c(N)ccc3c2C(Cc2ccccc2)(Cc2ccccc2)c2ccccc2-3)cc1. The summed E-state index contributed by atoms with van der Waals surface area (Å²) >= 11 is 0. The molecule has 0 aromatic heterocycles. The minimum absolute atomic E-state index is 0.232. The molecular weight excluding hydrogens is 422 g/mol. The van der Waals surface area contributed by atoms with E-state index in [9.17, 15) is 0 Å². The standard InChI is InChI=1S/C34H29N/c1-24-16-18-27(19-17-24)32-31(35)21-20-29-28-14-8-9-15-30(28)34(33(29)32,22-25-10-4-2-5-11-25)23-26-12-6-3-7-13-26/h2-21H,22-23,35H2,1H3. The first-order valence-corrected chi connectivity index (χ1v) is 12.3. The zero-order valence-corrected chi connectivity index (χ0v) is 20.0. The number of rotatable bonds is 5. The summed E-state index contributed by atoms with van der Waals surface area (Å²) in [4.78, 5) is 0. The molecule has 5 aromatic rings. The van der Waals surface area contributed by atoms with Gasteiger partial charge in [-0.25, -0.2) is 0 Å². The second kappa shape index (κ2) is 8.60. The summed E-state index contributed by atoms with van der Waals surface area (Å²) in [6.45, 7) is 2.13. The number of nitrogen functional groups attached to an aromatic ring is 1. The summed E-state index contributed by atoms with van der Waals surface area (Å²) in [6.07, 6.45) is 1.82. The maximum absolute atomic E-state index is 6.81. The maximum Gasteiger partial charge on any atom is 0.0397 e. The lowest BCUT2D eigenvalue weighted by Crippen LogP contribution is -2.32. The Morgan fingerprint density at radius 2 is 1.14 bits per heavy atom. The predicted octanol–water partition coefficient (Wildman–Crippen LogP) is 8.00. The van der Waals surface area contributed by atoms with Gasteiger partial charge in [-0.05, 0) is 64.8 Å². The Bertz CT molecular complexity index is 1440. The average molecular weight is 452 g/mol. The molecule has 1 nitrogen and oxygen atoms in total. The molecule has 5 aromatic carbocycles. The third-order valence-electron chi connectivity index (χ3n) is 7.49. The van der Waals surface area contributed by atoms with Crippen LogP contribution in [-0.2, 0) is 18.3 Å². The number of hydrogen-bond acceptors (Lipinski definition) is 1. The van der Waals surface area contributed by atoms with E-state index >= 15 is 0 Å². The molecule has 1 aliphatic carbocycles. The van der Waals surface area contributed by atoms with Crippen molar-refractivity contribution in [2.24, 2.45) is 0 Å². The van der Waals surface area contributed by atoms with E-state index in [2.05, 4.69) is 128 Å². The van der Waals surface area contributed by atoms with E-state index in [-0.39, 0.29) is 5.41 Å². The first kappa shape index (κ1) is 21.4. The highest BCUT2D eigenvalue weighted by molar-refractivity contribution is 5.93. The van der Waals surface area contributed by atoms with E-state index in [1.165, 1.54) is 50.1 Å². The highest BCUT2D eigenvalue weighted by Crippen LogP contribution is 2.56. The monoisotopic (exact) mass is 451 g/mol. The summed E-state index contributed by atoms with van der Waals surface area (Å²) in [5.41, 5.74) is 19.1. The second-order valence-electron chi connectivity index (χ2n) is 9.77. The van der Waals surface area contributed by atoms with Gasteiger partial charge in [0.15, 0.2) is 0 Å². The third-order valence-corrected chi connectivity index (χ3v) is 7.49. The minimum Gasteiger partial charge on any atom is -0.398 e. The van der Waals surface area contributed by atoms with Crippen LogP contribution in [0.2, 0.25) is 0 Å². The normalized spacial score (nSPS) is 13.3. The lowest BCUT2D eigenvalue weighted by Gasteiger charge is -2.35. The van der Waals surface area contributed by atoms with Crippen molar-refractivity contribution in [3.05, 3.63) is 149 Å². The summed E-state index contributed by atoms with van der Waals surface area (Å²) in [6, 6.07) is 43.9. The number of nitrogens with two attached hydrogens (primary N) is 1. The molecule has 2 N–H and O–H groups in total. The molecule has 6 rings (SSSR count). The molecule has 0 aliphatic heterocycles. The van der Waals surface area contributed by atoms with E-state index < -0.39 is 0 Å². The molecular formula is C34H29N. The van der Waals surface area contributed by atoms with Gasteiger partial charge in [-0.2, -0.15) is 0 Å². The molecule has 1 aliphatic rings. The first-order chi connectivity index (χ1) is 17.2. The molecule has 35 heavy (non-hydrogen) atoms. The van der Waals surface area contributed by atoms with E-state index in [1.54, 1.807) is 0 Å². The van der Waals surface area contributed by atoms with Gasteiger partial charge in [0.05, 0.1) is 0 Å². The van der Waals surface area contributed by atoms with Crippen molar-refractivity contribution in [2.75, 3.05) is 5.73 Å². The summed E-state index contributed by atoms with van der Waals surface area (Å²) < 4.78 is 0. The molecule has 0 saturated heterocycles. The van der Waals surface area contributed by atoms with Crippen molar-refractivity contribution in [2.45, 2.75) is 25.2 Å². The Labute approximate surface area is 207 Å². The van der Waals surface area contributed by atoms with Crippen molar-refractivity contribution in [1.82, 2.24) is 0 Å². The van der Waals surface area contributed by atoms with Crippen LogP contribution in [0.4, 0.5) is 5.69 Å². The average Bonchev–Trinajstić information content (AvgIpc) is 3.15. The van der Waals surface area contributed by atoms with Crippen LogP contribution in [0, 0.1) is 6.92 Å². The van der Waals surface area contributed by atoms with Crippen LogP contribution in [0.1, 0.15) is 27.8 Å². The Morgan fingerprint density at radius 3 is 1.77 bits per heavy atom. The van der Waals surface area contributed by atoms with Crippen molar-refractivity contribution in [3.63, 3.8) is 0 Å². The quantitative estimate of drug-likeness (QED) is 0.269. The summed E-state index contributed by atoms with van der Waals surface area (Å²) in [5.74, 6) is 0. The van der Waals surface area contributed by atoms with Crippen LogP contribution in [-0.4, -0.2) is 0 Å². The van der Waals surface area contributed by atoms with Crippen LogP contribution in [0.3, 0.4) is 0 Å². The molecule has 0 atom stereocenters. The van der Waals surface area contributed by atoms with Crippen LogP contribution in [0.15, 0.2) is 121 Å². The van der Waals surface area contributed by atoms with E-state index in [1.807, 2.05) is 0 Å². The van der Waals surface area contributed by atoms with Crippen LogP contribution < -0.4 is 5.73 Å². The molecule has 0 bridgehead atoms. The number of anilines is 1. The van der Waals surface area contributed by atoms with Gasteiger partial charge in [-0.3, -0.25) is 0 Å². The third kappa shape index (κ3) is 3.65. The van der Waals surface area contributed by atoms with Crippen LogP contribution in [0.5, 0.6) is 0 Å².